The Bertz CT molecular complexity index is 574. The second-order valence-electron chi connectivity index (χ2n) is 4.90. The number of nitrogens with one attached hydrogen (secondary N) is 1. The van der Waals surface area contributed by atoms with Gasteiger partial charge in [0.15, 0.2) is 0 Å². The molecule has 1 aromatic heterocycles. The second-order valence-corrected chi connectivity index (χ2v) is 5.81. The number of nitrogens with zero attached hydrogens (tertiary/aromatic N) is 1. The normalized spacial score (nSPS) is 17.4. The number of ether oxygens (including phenoxy) is 1. The largest absolute Gasteiger partial charge is 0.493 e. The Morgan fingerprint density at radius 3 is 3.10 bits per heavy atom. The van der Waals surface area contributed by atoms with Crippen molar-refractivity contribution in [2.45, 2.75) is 18.9 Å². The molecule has 3 rings (SSSR count). The summed E-state index contributed by atoms with van der Waals surface area (Å²) >= 11 is 3.53. The van der Waals surface area contributed by atoms with E-state index in [0.717, 1.165) is 41.9 Å². The fourth-order valence-corrected chi connectivity index (χ4v) is 2.88. The molecule has 20 heavy (non-hydrogen) atoms. The number of rotatable bonds is 4. The molecule has 0 aliphatic carbocycles. The Kier molecular flexibility index (Phi) is 4.33. The maximum atomic E-state index is 5.70. The number of hydrogen-bond acceptors (Lipinski definition) is 3. The molecule has 0 bridgehead atoms. The van der Waals surface area contributed by atoms with Crippen LogP contribution < -0.4 is 10.1 Å². The van der Waals surface area contributed by atoms with Gasteiger partial charge in [0.25, 0.3) is 0 Å². The minimum Gasteiger partial charge on any atom is -0.493 e. The molecule has 0 fully saturated rings. The first-order valence-electron chi connectivity index (χ1n) is 6.88. The number of aromatic nitrogens is 1. The smallest absolute Gasteiger partial charge is 0.124 e. The number of benzene rings is 1. The SMILES string of the molecule is Brc1ccc2c(c1)C(NCCc1ccccn1)CCO2. The summed E-state index contributed by atoms with van der Waals surface area (Å²) in [5.74, 6) is 0.995. The van der Waals surface area contributed by atoms with E-state index >= 15 is 0 Å². The highest BCUT2D eigenvalue weighted by Crippen LogP contribution is 2.33. The van der Waals surface area contributed by atoms with Gasteiger partial charge in [-0.15, -0.1) is 0 Å². The van der Waals surface area contributed by atoms with Gasteiger partial charge in [-0.3, -0.25) is 4.98 Å². The average Bonchev–Trinajstić information content (AvgIpc) is 2.49. The lowest BCUT2D eigenvalue weighted by molar-refractivity contribution is 0.253. The van der Waals surface area contributed by atoms with Gasteiger partial charge < -0.3 is 10.1 Å². The molecule has 3 nitrogen and oxygen atoms in total. The summed E-state index contributed by atoms with van der Waals surface area (Å²) in [4.78, 5) is 4.35. The van der Waals surface area contributed by atoms with Crippen LogP contribution >= 0.6 is 15.9 Å². The molecule has 1 aromatic carbocycles. The van der Waals surface area contributed by atoms with Gasteiger partial charge in [-0.05, 0) is 30.3 Å². The minimum atomic E-state index is 0.361. The Labute approximate surface area is 127 Å². The van der Waals surface area contributed by atoms with Crippen molar-refractivity contribution in [3.8, 4) is 5.75 Å². The van der Waals surface area contributed by atoms with E-state index in [2.05, 4.69) is 38.4 Å². The van der Waals surface area contributed by atoms with Crippen molar-refractivity contribution in [1.82, 2.24) is 10.3 Å². The van der Waals surface area contributed by atoms with Crippen LogP contribution in [0.1, 0.15) is 23.7 Å². The van der Waals surface area contributed by atoms with Crippen LogP contribution in [0, 0.1) is 0 Å². The van der Waals surface area contributed by atoms with Crippen molar-refractivity contribution in [2.75, 3.05) is 13.2 Å². The lowest BCUT2D eigenvalue weighted by Gasteiger charge is -2.27. The fourth-order valence-electron chi connectivity index (χ4n) is 2.50. The van der Waals surface area contributed by atoms with Gasteiger partial charge in [0.2, 0.25) is 0 Å². The Morgan fingerprint density at radius 1 is 1.30 bits per heavy atom. The number of halogens is 1. The highest BCUT2D eigenvalue weighted by atomic mass is 79.9. The summed E-state index contributed by atoms with van der Waals surface area (Å²) in [6.07, 6.45) is 3.80. The summed E-state index contributed by atoms with van der Waals surface area (Å²) in [5, 5.41) is 3.61. The minimum absolute atomic E-state index is 0.361. The summed E-state index contributed by atoms with van der Waals surface area (Å²) in [6.45, 7) is 1.70. The summed E-state index contributed by atoms with van der Waals surface area (Å²) in [5.41, 5.74) is 2.37. The molecule has 1 N–H and O–H groups in total. The van der Waals surface area contributed by atoms with Crippen LogP contribution in [0.25, 0.3) is 0 Å². The van der Waals surface area contributed by atoms with Crippen LogP contribution in [0.2, 0.25) is 0 Å². The molecule has 1 aliphatic heterocycles. The molecule has 0 spiro atoms. The first-order chi connectivity index (χ1) is 9.83. The maximum Gasteiger partial charge on any atom is 0.124 e. The van der Waals surface area contributed by atoms with Gasteiger partial charge in [-0.2, -0.15) is 0 Å². The van der Waals surface area contributed by atoms with E-state index in [4.69, 9.17) is 4.74 Å². The first-order valence-corrected chi connectivity index (χ1v) is 7.68. The van der Waals surface area contributed by atoms with Gasteiger partial charge in [-0.25, -0.2) is 0 Å². The third-order valence-corrected chi connectivity index (χ3v) is 4.00. The van der Waals surface area contributed by atoms with Crippen LogP contribution in [-0.4, -0.2) is 18.1 Å². The summed E-state index contributed by atoms with van der Waals surface area (Å²) in [7, 11) is 0. The molecular weight excluding hydrogens is 316 g/mol. The monoisotopic (exact) mass is 332 g/mol. The number of fused-ring (bicyclic) bond motifs is 1. The average molecular weight is 333 g/mol. The van der Waals surface area contributed by atoms with E-state index in [-0.39, 0.29) is 0 Å². The van der Waals surface area contributed by atoms with E-state index in [1.807, 2.05) is 30.5 Å². The van der Waals surface area contributed by atoms with Crippen molar-refractivity contribution >= 4 is 15.9 Å². The molecule has 1 atom stereocenters. The molecule has 104 valence electrons. The first kappa shape index (κ1) is 13.6. The van der Waals surface area contributed by atoms with Crippen LogP contribution in [0.3, 0.4) is 0 Å². The van der Waals surface area contributed by atoms with E-state index in [0.29, 0.717) is 6.04 Å². The van der Waals surface area contributed by atoms with Crippen molar-refractivity contribution in [2.24, 2.45) is 0 Å². The van der Waals surface area contributed by atoms with Gasteiger partial charge in [0, 0.05) is 47.4 Å². The van der Waals surface area contributed by atoms with Crippen molar-refractivity contribution in [1.29, 1.82) is 0 Å². The van der Waals surface area contributed by atoms with Gasteiger partial charge in [0.1, 0.15) is 5.75 Å². The molecule has 0 saturated heterocycles. The molecule has 4 heteroatoms. The molecule has 0 amide bonds. The molecule has 2 heterocycles. The van der Waals surface area contributed by atoms with Gasteiger partial charge in [0.05, 0.1) is 6.61 Å². The molecular formula is C16H17BrN2O. The van der Waals surface area contributed by atoms with E-state index in [9.17, 15) is 0 Å². The fraction of sp³-hybridized carbons (Fsp3) is 0.312. The predicted molar refractivity (Wildman–Crippen MR) is 82.9 cm³/mol. The molecule has 0 radical (unpaired) electrons. The zero-order valence-electron chi connectivity index (χ0n) is 11.2. The van der Waals surface area contributed by atoms with Gasteiger partial charge in [-0.1, -0.05) is 22.0 Å². The van der Waals surface area contributed by atoms with Crippen LogP contribution in [0.5, 0.6) is 5.75 Å². The molecule has 1 aliphatic rings. The number of pyridine rings is 1. The third-order valence-electron chi connectivity index (χ3n) is 3.51. The van der Waals surface area contributed by atoms with E-state index in [1.54, 1.807) is 0 Å². The Morgan fingerprint density at radius 2 is 2.25 bits per heavy atom. The molecule has 0 saturated carbocycles. The summed E-state index contributed by atoms with van der Waals surface area (Å²) < 4.78 is 6.80. The standard InChI is InChI=1S/C16H17BrN2O/c17-12-4-5-16-14(11-12)15(7-10-20-16)19-9-6-13-3-1-2-8-18-13/h1-5,8,11,15,19H,6-7,9-10H2. The lowest BCUT2D eigenvalue weighted by atomic mass is 10.0. The predicted octanol–water partition coefficient (Wildman–Crippen LogP) is 3.50. The maximum absolute atomic E-state index is 5.70. The topological polar surface area (TPSA) is 34.2 Å². The third kappa shape index (κ3) is 3.19. The Balaban J connectivity index is 1.63. The highest BCUT2D eigenvalue weighted by Gasteiger charge is 2.20. The quantitative estimate of drug-likeness (QED) is 0.930. The Hall–Kier alpha value is -1.39. The lowest BCUT2D eigenvalue weighted by Crippen LogP contribution is -2.28. The van der Waals surface area contributed by atoms with Crippen LogP contribution in [-0.2, 0) is 6.42 Å². The van der Waals surface area contributed by atoms with Gasteiger partial charge >= 0.3 is 0 Å². The zero-order valence-corrected chi connectivity index (χ0v) is 12.8. The number of hydrogen-bond donors (Lipinski definition) is 1. The zero-order chi connectivity index (χ0) is 13.8. The molecule has 1 unspecified atom stereocenters. The summed E-state index contributed by atoms with van der Waals surface area (Å²) in [6, 6.07) is 12.6. The van der Waals surface area contributed by atoms with E-state index < -0.39 is 0 Å². The van der Waals surface area contributed by atoms with E-state index in [1.165, 1.54) is 5.56 Å². The van der Waals surface area contributed by atoms with Crippen molar-refractivity contribution in [3.63, 3.8) is 0 Å². The van der Waals surface area contributed by atoms with Crippen molar-refractivity contribution < 1.29 is 4.74 Å². The van der Waals surface area contributed by atoms with Crippen LogP contribution in [0.4, 0.5) is 0 Å². The highest BCUT2D eigenvalue weighted by molar-refractivity contribution is 9.10. The van der Waals surface area contributed by atoms with Crippen LogP contribution in [0.15, 0.2) is 47.1 Å². The molecule has 2 aromatic rings. The van der Waals surface area contributed by atoms with Crippen molar-refractivity contribution in [3.05, 3.63) is 58.3 Å². The second kappa shape index (κ2) is 6.37.